The summed E-state index contributed by atoms with van der Waals surface area (Å²) in [6.07, 6.45) is 1.80. The van der Waals surface area contributed by atoms with E-state index < -0.39 is 6.09 Å². The summed E-state index contributed by atoms with van der Waals surface area (Å²) < 4.78 is 9.96. The summed E-state index contributed by atoms with van der Waals surface area (Å²) >= 11 is 0. The Hall–Kier alpha value is -2.77. The minimum absolute atomic E-state index is 0.172. The zero-order chi connectivity index (χ0) is 17.5. The van der Waals surface area contributed by atoms with Crippen molar-refractivity contribution in [3.8, 4) is 11.5 Å². The molecule has 0 fully saturated rings. The molecule has 0 saturated heterocycles. The standard InChI is InChI=1S/C16H23N5O3/c1-10(6-3-4-9-23-16(18)22)19-14-12(7-5-8-13(14)17)15-20-11(2)21-24-15/h5,7-8,10,19H,3-4,6,9,17H2,1-2H3,(H2,18,22)/t10-/m0/s1. The Morgan fingerprint density at radius 3 is 2.88 bits per heavy atom. The van der Waals surface area contributed by atoms with Crippen LogP contribution in [0.25, 0.3) is 11.5 Å². The molecule has 5 N–H and O–H groups in total. The van der Waals surface area contributed by atoms with E-state index in [1.807, 2.05) is 18.2 Å². The number of hydrogen-bond acceptors (Lipinski definition) is 7. The van der Waals surface area contributed by atoms with Gasteiger partial charge in [-0.3, -0.25) is 0 Å². The van der Waals surface area contributed by atoms with Gasteiger partial charge in [-0.2, -0.15) is 4.98 Å². The van der Waals surface area contributed by atoms with Gasteiger partial charge in [0, 0.05) is 6.04 Å². The smallest absolute Gasteiger partial charge is 0.404 e. The molecule has 130 valence electrons. The number of ether oxygens (including phenoxy) is 1. The molecule has 0 bridgehead atoms. The Labute approximate surface area is 140 Å². The van der Waals surface area contributed by atoms with Crippen LogP contribution in [0, 0.1) is 6.92 Å². The predicted octanol–water partition coefficient (Wildman–Crippen LogP) is 2.69. The third kappa shape index (κ3) is 4.87. The fraction of sp³-hybridized carbons (Fsp3) is 0.438. The number of nitrogen functional groups attached to an aromatic ring is 1. The van der Waals surface area contributed by atoms with E-state index in [1.54, 1.807) is 6.92 Å². The first-order valence-corrected chi connectivity index (χ1v) is 7.85. The van der Waals surface area contributed by atoms with Crippen molar-refractivity contribution in [3.05, 3.63) is 24.0 Å². The number of carbonyl (C=O) groups excluding carboxylic acids is 1. The lowest BCUT2D eigenvalue weighted by Gasteiger charge is -2.18. The van der Waals surface area contributed by atoms with Gasteiger partial charge in [-0.1, -0.05) is 11.2 Å². The highest BCUT2D eigenvalue weighted by Gasteiger charge is 2.15. The molecular formula is C16H23N5O3. The molecule has 1 aromatic carbocycles. The molecule has 0 unspecified atom stereocenters. The molecular weight excluding hydrogens is 310 g/mol. The van der Waals surface area contributed by atoms with Crippen LogP contribution in [-0.2, 0) is 4.74 Å². The second-order valence-corrected chi connectivity index (χ2v) is 5.63. The molecule has 0 aliphatic carbocycles. The second-order valence-electron chi connectivity index (χ2n) is 5.63. The number of nitrogens with one attached hydrogen (secondary N) is 1. The fourth-order valence-electron chi connectivity index (χ4n) is 2.36. The summed E-state index contributed by atoms with van der Waals surface area (Å²) in [6.45, 7) is 4.16. The number of rotatable bonds is 8. The SMILES string of the molecule is Cc1noc(-c2cccc(N)c2N[C@@H](C)CCCCOC(N)=O)n1. The fourth-order valence-corrected chi connectivity index (χ4v) is 2.36. The molecule has 2 aromatic rings. The Kier molecular flexibility index (Phi) is 6.00. The van der Waals surface area contributed by atoms with Gasteiger partial charge in [0.05, 0.1) is 23.5 Å². The number of unbranched alkanes of at least 4 members (excludes halogenated alkanes) is 1. The van der Waals surface area contributed by atoms with E-state index in [2.05, 4.69) is 22.4 Å². The first kappa shape index (κ1) is 17.6. The highest BCUT2D eigenvalue weighted by molar-refractivity contribution is 5.83. The Morgan fingerprint density at radius 2 is 2.21 bits per heavy atom. The van der Waals surface area contributed by atoms with Gasteiger partial charge in [0.15, 0.2) is 5.82 Å². The molecule has 8 heteroatoms. The van der Waals surface area contributed by atoms with E-state index >= 15 is 0 Å². The van der Waals surface area contributed by atoms with Crippen LogP contribution in [0.3, 0.4) is 0 Å². The average molecular weight is 333 g/mol. The topological polar surface area (TPSA) is 129 Å². The molecule has 8 nitrogen and oxygen atoms in total. The summed E-state index contributed by atoms with van der Waals surface area (Å²) in [5.41, 5.74) is 13.2. The molecule has 1 aromatic heterocycles. The van der Waals surface area contributed by atoms with E-state index in [4.69, 9.17) is 20.7 Å². The Balaban J connectivity index is 1.97. The van der Waals surface area contributed by atoms with E-state index in [1.165, 1.54) is 0 Å². The monoisotopic (exact) mass is 333 g/mol. The zero-order valence-electron chi connectivity index (χ0n) is 13.9. The van der Waals surface area contributed by atoms with Crippen LogP contribution >= 0.6 is 0 Å². The minimum atomic E-state index is -0.738. The quantitative estimate of drug-likeness (QED) is 0.500. The van der Waals surface area contributed by atoms with E-state index in [-0.39, 0.29) is 6.04 Å². The lowest BCUT2D eigenvalue weighted by Crippen LogP contribution is -2.17. The third-order valence-corrected chi connectivity index (χ3v) is 3.52. The van der Waals surface area contributed by atoms with Crippen molar-refractivity contribution in [1.29, 1.82) is 0 Å². The van der Waals surface area contributed by atoms with Crippen molar-refractivity contribution in [1.82, 2.24) is 10.1 Å². The van der Waals surface area contributed by atoms with Crippen molar-refractivity contribution in [2.45, 2.75) is 39.2 Å². The number of primary amides is 1. The Bertz CT molecular complexity index is 686. The van der Waals surface area contributed by atoms with E-state index in [9.17, 15) is 4.79 Å². The number of benzene rings is 1. The number of amides is 1. The summed E-state index contributed by atoms with van der Waals surface area (Å²) in [5, 5.41) is 7.22. The van der Waals surface area contributed by atoms with Gasteiger partial charge < -0.3 is 26.0 Å². The molecule has 1 atom stereocenters. The molecule has 1 heterocycles. The summed E-state index contributed by atoms with van der Waals surface area (Å²) in [5.74, 6) is 1.00. The van der Waals surface area contributed by atoms with Crippen LogP contribution in [0.5, 0.6) is 0 Å². The molecule has 0 radical (unpaired) electrons. The average Bonchev–Trinajstić information content (AvgIpc) is 2.95. The van der Waals surface area contributed by atoms with Crippen molar-refractivity contribution in [2.75, 3.05) is 17.7 Å². The summed E-state index contributed by atoms with van der Waals surface area (Å²) in [4.78, 5) is 14.8. The number of anilines is 2. The summed E-state index contributed by atoms with van der Waals surface area (Å²) in [6, 6.07) is 5.73. The number of para-hydroxylation sites is 1. The zero-order valence-corrected chi connectivity index (χ0v) is 13.9. The predicted molar refractivity (Wildman–Crippen MR) is 91.4 cm³/mol. The van der Waals surface area contributed by atoms with Gasteiger partial charge in [-0.15, -0.1) is 0 Å². The molecule has 0 saturated carbocycles. The normalized spacial score (nSPS) is 11.9. The van der Waals surface area contributed by atoms with Gasteiger partial charge in [-0.05, 0) is 45.2 Å². The molecule has 24 heavy (non-hydrogen) atoms. The van der Waals surface area contributed by atoms with Crippen LogP contribution in [0.15, 0.2) is 22.7 Å². The van der Waals surface area contributed by atoms with Gasteiger partial charge in [0.25, 0.3) is 5.89 Å². The lowest BCUT2D eigenvalue weighted by molar-refractivity contribution is 0.154. The van der Waals surface area contributed by atoms with Gasteiger partial charge in [0.1, 0.15) is 0 Å². The number of aryl methyl sites for hydroxylation is 1. The van der Waals surface area contributed by atoms with Crippen LogP contribution < -0.4 is 16.8 Å². The Morgan fingerprint density at radius 1 is 1.42 bits per heavy atom. The number of hydrogen-bond donors (Lipinski definition) is 3. The van der Waals surface area contributed by atoms with Crippen molar-refractivity contribution >= 4 is 17.5 Å². The minimum Gasteiger partial charge on any atom is -0.450 e. The summed E-state index contributed by atoms with van der Waals surface area (Å²) in [7, 11) is 0. The number of nitrogens with two attached hydrogens (primary N) is 2. The number of carbonyl (C=O) groups is 1. The molecule has 0 spiro atoms. The van der Waals surface area contributed by atoms with Crippen molar-refractivity contribution in [2.24, 2.45) is 5.73 Å². The first-order chi connectivity index (χ1) is 11.5. The van der Waals surface area contributed by atoms with Crippen LogP contribution in [0.4, 0.5) is 16.2 Å². The third-order valence-electron chi connectivity index (χ3n) is 3.52. The molecule has 0 aliphatic rings. The highest BCUT2D eigenvalue weighted by Crippen LogP contribution is 2.32. The van der Waals surface area contributed by atoms with E-state index in [0.29, 0.717) is 24.0 Å². The molecule has 0 aliphatic heterocycles. The molecule has 1 amide bonds. The lowest BCUT2D eigenvalue weighted by atomic mass is 10.1. The van der Waals surface area contributed by atoms with E-state index in [0.717, 1.165) is 30.5 Å². The maximum atomic E-state index is 10.5. The first-order valence-electron chi connectivity index (χ1n) is 7.85. The van der Waals surface area contributed by atoms with Crippen LogP contribution in [0.1, 0.15) is 32.0 Å². The number of aromatic nitrogens is 2. The largest absolute Gasteiger partial charge is 0.450 e. The van der Waals surface area contributed by atoms with Crippen molar-refractivity contribution < 1.29 is 14.1 Å². The van der Waals surface area contributed by atoms with Gasteiger partial charge >= 0.3 is 6.09 Å². The second kappa shape index (κ2) is 8.19. The number of nitrogens with zero attached hydrogens (tertiary/aromatic N) is 2. The highest BCUT2D eigenvalue weighted by atomic mass is 16.5. The van der Waals surface area contributed by atoms with Gasteiger partial charge in [0.2, 0.25) is 0 Å². The molecule has 2 rings (SSSR count). The van der Waals surface area contributed by atoms with Gasteiger partial charge in [-0.25, -0.2) is 4.79 Å². The maximum absolute atomic E-state index is 10.5. The van der Waals surface area contributed by atoms with Crippen molar-refractivity contribution in [3.63, 3.8) is 0 Å². The maximum Gasteiger partial charge on any atom is 0.404 e. The van der Waals surface area contributed by atoms with Crippen LogP contribution in [0.2, 0.25) is 0 Å². The van der Waals surface area contributed by atoms with Crippen LogP contribution in [-0.4, -0.2) is 28.9 Å².